The number of carbonyl (C=O) groups is 1. The second-order valence-electron chi connectivity index (χ2n) is 4.50. The van der Waals surface area contributed by atoms with Gasteiger partial charge in [0, 0.05) is 3.57 Å². The first kappa shape index (κ1) is 18.3. The minimum absolute atomic E-state index is 0.131. The molecule has 0 aliphatic carbocycles. The standard InChI is InChI=1S/C12H16INO6S/c1-2-12(6-15,7-16)14-21(19,20)8-3-4-10(13)9(5-8)11(17)18/h3-5,14-16H,2,6-7H2,1H3,(H,17,18). The van der Waals surface area contributed by atoms with Crippen molar-refractivity contribution in [2.24, 2.45) is 0 Å². The normalized spacial score (nSPS) is 12.4. The number of halogens is 1. The number of hydrogen-bond acceptors (Lipinski definition) is 5. The van der Waals surface area contributed by atoms with Gasteiger partial charge >= 0.3 is 5.97 Å². The molecule has 7 nitrogen and oxygen atoms in total. The molecular formula is C12H16INO6S. The number of sulfonamides is 1. The Hall–Kier alpha value is -0.750. The van der Waals surface area contributed by atoms with Gasteiger partial charge in [-0.2, -0.15) is 0 Å². The van der Waals surface area contributed by atoms with E-state index in [4.69, 9.17) is 5.11 Å². The number of aliphatic hydroxyl groups excluding tert-OH is 2. The molecule has 1 aromatic rings. The predicted molar refractivity (Wildman–Crippen MR) is 83.6 cm³/mol. The van der Waals surface area contributed by atoms with Crippen LogP contribution >= 0.6 is 22.6 Å². The summed E-state index contributed by atoms with van der Waals surface area (Å²) in [5.74, 6) is -1.23. The van der Waals surface area contributed by atoms with Crippen molar-refractivity contribution in [2.45, 2.75) is 23.8 Å². The molecule has 4 N–H and O–H groups in total. The van der Waals surface area contributed by atoms with Crippen LogP contribution in [-0.2, 0) is 10.0 Å². The van der Waals surface area contributed by atoms with Crippen LogP contribution in [0.4, 0.5) is 0 Å². The maximum absolute atomic E-state index is 12.3. The van der Waals surface area contributed by atoms with E-state index in [1.54, 1.807) is 29.5 Å². The van der Waals surface area contributed by atoms with Gasteiger partial charge in [0.2, 0.25) is 10.0 Å². The molecule has 0 saturated heterocycles. The lowest BCUT2D eigenvalue weighted by atomic mass is 10.0. The molecule has 0 unspecified atom stereocenters. The first-order chi connectivity index (χ1) is 9.71. The van der Waals surface area contributed by atoms with Gasteiger partial charge in [0.15, 0.2) is 0 Å². The maximum Gasteiger partial charge on any atom is 0.336 e. The largest absolute Gasteiger partial charge is 0.478 e. The van der Waals surface area contributed by atoms with Gasteiger partial charge in [-0.1, -0.05) is 6.92 Å². The Labute approximate surface area is 136 Å². The van der Waals surface area contributed by atoms with Crippen LogP contribution in [0.25, 0.3) is 0 Å². The summed E-state index contributed by atoms with van der Waals surface area (Å²) in [4.78, 5) is 10.8. The Morgan fingerprint density at radius 1 is 1.33 bits per heavy atom. The fourth-order valence-corrected chi connectivity index (χ4v) is 3.64. The highest BCUT2D eigenvalue weighted by atomic mass is 127. The smallest absolute Gasteiger partial charge is 0.336 e. The third-order valence-electron chi connectivity index (χ3n) is 3.11. The number of carboxylic acid groups (broad SMARTS) is 1. The first-order valence-electron chi connectivity index (χ1n) is 6.00. The number of nitrogens with one attached hydrogen (secondary N) is 1. The molecular weight excluding hydrogens is 413 g/mol. The van der Waals surface area contributed by atoms with Crippen LogP contribution in [0.15, 0.2) is 23.1 Å². The fourth-order valence-electron chi connectivity index (χ4n) is 1.59. The van der Waals surface area contributed by atoms with Crippen LogP contribution in [0, 0.1) is 3.57 Å². The third kappa shape index (κ3) is 4.13. The number of rotatable bonds is 7. The number of aromatic carboxylic acids is 1. The highest BCUT2D eigenvalue weighted by Crippen LogP contribution is 2.20. The lowest BCUT2D eigenvalue weighted by molar-refractivity contribution is 0.0695. The third-order valence-corrected chi connectivity index (χ3v) is 5.63. The lowest BCUT2D eigenvalue weighted by Gasteiger charge is -2.29. The molecule has 21 heavy (non-hydrogen) atoms. The second-order valence-corrected chi connectivity index (χ2v) is 7.35. The van der Waals surface area contributed by atoms with E-state index >= 15 is 0 Å². The molecule has 0 bridgehead atoms. The van der Waals surface area contributed by atoms with Crippen LogP contribution in [0.3, 0.4) is 0 Å². The van der Waals surface area contributed by atoms with Crippen molar-refractivity contribution >= 4 is 38.6 Å². The minimum atomic E-state index is -4.06. The Bertz CT molecular complexity index is 618. The Balaban J connectivity index is 3.26. The molecule has 9 heteroatoms. The molecule has 1 aromatic carbocycles. The first-order valence-corrected chi connectivity index (χ1v) is 8.56. The topological polar surface area (TPSA) is 124 Å². The SMILES string of the molecule is CCC(CO)(CO)NS(=O)(=O)c1ccc(I)c(C(=O)O)c1. The maximum atomic E-state index is 12.3. The highest BCUT2D eigenvalue weighted by Gasteiger charge is 2.33. The minimum Gasteiger partial charge on any atom is -0.478 e. The van der Waals surface area contributed by atoms with E-state index in [-0.39, 0.29) is 16.9 Å². The van der Waals surface area contributed by atoms with Gasteiger partial charge in [0.25, 0.3) is 0 Å². The van der Waals surface area contributed by atoms with Crippen LogP contribution in [0.5, 0.6) is 0 Å². The molecule has 0 fully saturated rings. The molecule has 0 aromatic heterocycles. The molecule has 0 aliphatic heterocycles. The Morgan fingerprint density at radius 2 is 1.90 bits per heavy atom. The van der Waals surface area contributed by atoms with Crippen LogP contribution in [-0.4, -0.2) is 48.5 Å². The molecule has 0 atom stereocenters. The zero-order valence-corrected chi connectivity index (χ0v) is 14.2. The van der Waals surface area contributed by atoms with Gasteiger partial charge in [0.05, 0.1) is 29.2 Å². The Kier molecular flexibility index (Phi) is 6.11. The summed E-state index contributed by atoms with van der Waals surface area (Å²) in [6.45, 7) is 0.469. The van der Waals surface area contributed by atoms with Crippen molar-refractivity contribution in [3.05, 3.63) is 27.3 Å². The van der Waals surface area contributed by atoms with E-state index in [9.17, 15) is 23.4 Å². The number of carboxylic acids is 1. The van der Waals surface area contributed by atoms with Crippen molar-refractivity contribution < 1.29 is 28.5 Å². The Morgan fingerprint density at radius 3 is 2.33 bits per heavy atom. The van der Waals surface area contributed by atoms with E-state index in [0.29, 0.717) is 3.57 Å². The number of benzene rings is 1. The quantitative estimate of drug-likeness (QED) is 0.466. The molecule has 0 spiro atoms. The second kappa shape index (κ2) is 7.01. The van der Waals surface area contributed by atoms with E-state index in [1.165, 1.54) is 12.1 Å². The van der Waals surface area contributed by atoms with Crippen molar-refractivity contribution in [3.63, 3.8) is 0 Å². The highest BCUT2D eigenvalue weighted by molar-refractivity contribution is 14.1. The van der Waals surface area contributed by atoms with Crippen molar-refractivity contribution in [3.8, 4) is 0 Å². The summed E-state index contributed by atoms with van der Waals surface area (Å²) < 4.78 is 27.2. The molecule has 0 heterocycles. The molecule has 0 amide bonds. The summed E-state index contributed by atoms with van der Waals surface area (Å²) in [5, 5.41) is 27.6. The number of hydrogen-bond donors (Lipinski definition) is 4. The summed E-state index contributed by atoms with van der Waals surface area (Å²) in [5.41, 5.74) is -1.51. The van der Waals surface area contributed by atoms with Gasteiger partial charge in [0.1, 0.15) is 0 Å². The van der Waals surface area contributed by atoms with Crippen LogP contribution in [0.2, 0.25) is 0 Å². The van der Waals surface area contributed by atoms with E-state index < -0.39 is 34.7 Å². The molecule has 0 saturated carbocycles. The molecule has 118 valence electrons. The lowest BCUT2D eigenvalue weighted by Crippen LogP contribution is -2.53. The van der Waals surface area contributed by atoms with Crippen LogP contribution < -0.4 is 4.72 Å². The van der Waals surface area contributed by atoms with Crippen molar-refractivity contribution in [1.29, 1.82) is 0 Å². The number of aliphatic hydroxyl groups is 2. The summed E-state index contributed by atoms with van der Waals surface area (Å²) >= 11 is 1.79. The molecule has 0 radical (unpaired) electrons. The molecule has 0 aliphatic rings. The van der Waals surface area contributed by atoms with E-state index in [1.807, 2.05) is 0 Å². The zero-order valence-electron chi connectivity index (χ0n) is 11.2. The zero-order chi connectivity index (χ0) is 16.3. The van der Waals surface area contributed by atoms with E-state index in [2.05, 4.69) is 4.72 Å². The van der Waals surface area contributed by atoms with Gasteiger partial charge in [-0.05, 0) is 47.2 Å². The van der Waals surface area contributed by atoms with Gasteiger partial charge in [-0.3, -0.25) is 0 Å². The van der Waals surface area contributed by atoms with Crippen LogP contribution in [0.1, 0.15) is 23.7 Å². The monoisotopic (exact) mass is 429 g/mol. The van der Waals surface area contributed by atoms with Gasteiger partial charge in [-0.25, -0.2) is 17.9 Å². The average Bonchev–Trinajstić information content (AvgIpc) is 2.44. The predicted octanol–water partition coefficient (Wildman–Crippen LogP) is 0.401. The van der Waals surface area contributed by atoms with Crippen molar-refractivity contribution in [1.82, 2.24) is 4.72 Å². The molecule has 1 rings (SSSR count). The summed E-state index contributed by atoms with van der Waals surface area (Å²) in [7, 11) is -4.06. The van der Waals surface area contributed by atoms with Gasteiger partial charge < -0.3 is 15.3 Å². The van der Waals surface area contributed by atoms with Gasteiger partial charge in [-0.15, -0.1) is 0 Å². The van der Waals surface area contributed by atoms with E-state index in [0.717, 1.165) is 6.07 Å². The summed E-state index contributed by atoms with van der Waals surface area (Å²) in [6.07, 6.45) is 0.176. The summed E-state index contributed by atoms with van der Waals surface area (Å²) in [6, 6.07) is 3.69. The fraction of sp³-hybridized carbons (Fsp3) is 0.417. The van der Waals surface area contributed by atoms with Crippen molar-refractivity contribution in [2.75, 3.05) is 13.2 Å². The average molecular weight is 429 g/mol.